The van der Waals surface area contributed by atoms with Crippen LogP contribution in [0.5, 0.6) is 5.75 Å². The number of aromatic nitrogens is 3. The van der Waals surface area contributed by atoms with E-state index in [-0.39, 0.29) is 12.7 Å². The van der Waals surface area contributed by atoms with Crippen molar-refractivity contribution in [2.24, 2.45) is 0 Å². The number of H-pyrrole nitrogens is 1. The second-order valence-electron chi connectivity index (χ2n) is 6.70. The summed E-state index contributed by atoms with van der Waals surface area (Å²) in [6, 6.07) is 4.03. The molecular formula is C20H23BrN4O3. The zero-order valence-corrected chi connectivity index (χ0v) is 18.1. The molecule has 2 heterocycles. The Morgan fingerprint density at radius 1 is 1.25 bits per heavy atom. The van der Waals surface area contributed by atoms with Crippen molar-refractivity contribution in [1.29, 1.82) is 0 Å². The number of carbonyl (C=O) groups is 1. The highest BCUT2D eigenvalue weighted by atomic mass is 79.9. The van der Waals surface area contributed by atoms with E-state index in [2.05, 4.69) is 36.2 Å². The average molecular weight is 447 g/mol. The molecule has 0 atom stereocenters. The number of halogens is 1. The molecule has 0 aliphatic carbocycles. The highest BCUT2D eigenvalue weighted by Gasteiger charge is 2.21. The molecular weight excluding hydrogens is 424 g/mol. The number of rotatable bonds is 6. The molecule has 0 bridgehead atoms. The zero-order valence-electron chi connectivity index (χ0n) is 16.5. The molecule has 7 nitrogen and oxygen atoms in total. The average Bonchev–Trinajstić information content (AvgIpc) is 2.97. The number of hydrogen-bond acceptors (Lipinski definition) is 6. The van der Waals surface area contributed by atoms with Gasteiger partial charge in [-0.25, -0.2) is 14.8 Å². The van der Waals surface area contributed by atoms with Crippen LogP contribution in [0.3, 0.4) is 0 Å². The van der Waals surface area contributed by atoms with Crippen LogP contribution in [0.15, 0.2) is 22.9 Å². The first-order valence-electron chi connectivity index (χ1n) is 9.06. The first-order valence-corrected chi connectivity index (χ1v) is 9.85. The number of aromatic amines is 1. The molecule has 0 aliphatic heterocycles. The molecule has 2 N–H and O–H groups in total. The standard InChI is InChI=1S/C20H23BrN4O3/c1-6-27-20(26)17-16(21)15-18(22-9-23-19(15)25-17)24-13-7-11(4)12(5)8-14(13)28-10(2)3/h7-10H,6H2,1-5H3,(H2,22,23,24,25). The lowest BCUT2D eigenvalue weighted by Gasteiger charge is -2.17. The van der Waals surface area contributed by atoms with Crippen LogP contribution in [0.1, 0.15) is 42.4 Å². The number of fused-ring (bicyclic) bond motifs is 1. The normalized spacial score (nSPS) is 11.1. The molecule has 0 spiro atoms. The molecule has 2 aromatic heterocycles. The Hall–Kier alpha value is -2.61. The largest absolute Gasteiger partial charge is 0.489 e. The summed E-state index contributed by atoms with van der Waals surface area (Å²) in [4.78, 5) is 23.8. The van der Waals surface area contributed by atoms with Crippen LogP contribution in [0.2, 0.25) is 0 Å². The second kappa shape index (κ2) is 8.18. The van der Waals surface area contributed by atoms with E-state index in [4.69, 9.17) is 9.47 Å². The fraction of sp³-hybridized carbons (Fsp3) is 0.350. The Morgan fingerprint density at radius 2 is 1.96 bits per heavy atom. The maximum atomic E-state index is 12.2. The van der Waals surface area contributed by atoms with E-state index in [0.717, 1.165) is 22.6 Å². The summed E-state index contributed by atoms with van der Waals surface area (Å²) >= 11 is 3.49. The van der Waals surface area contributed by atoms with Crippen LogP contribution in [0.4, 0.5) is 11.5 Å². The van der Waals surface area contributed by atoms with Gasteiger partial charge in [-0.2, -0.15) is 0 Å². The highest BCUT2D eigenvalue weighted by molar-refractivity contribution is 9.10. The minimum absolute atomic E-state index is 0.0301. The number of nitrogens with zero attached hydrogens (tertiary/aromatic N) is 2. The summed E-state index contributed by atoms with van der Waals surface area (Å²) in [5, 5.41) is 4.00. The van der Waals surface area contributed by atoms with Gasteiger partial charge in [0.25, 0.3) is 0 Å². The maximum Gasteiger partial charge on any atom is 0.355 e. The van der Waals surface area contributed by atoms with Crippen LogP contribution in [0.25, 0.3) is 11.0 Å². The first-order chi connectivity index (χ1) is 13.3. The molecule has 1 aromatic carbocycles. The minimum atomic E-state index is -0.451. The van der Waals surface area contributed by atoms with Gasteiger partial charge in [-0.3, -0.25) is 0 Å². The van der Waals surface area contributed by atoms with Crippen molar-refractivity contribution in [1.82, 2.24) is 15.0 Å². The van der Waals surface area contributed by atoms with Gasteiger partial charge in [0.05, 0.1) is 28.3 Å². The van der Waals surface area contributed by atoms with Gasteiger partial charge < -0.3 is 19.8 Å². The van der Waals surface area contributed by atoms with Gasteiger partial charge >= 0.3 is 5.97 Å². The molecule has 0 saturated carbocycles. The van der Waals surface area contributed by atoms with E-state index in [0.29, 0.717) is 27.0 Å². The number of esters is 1. The van der Waals surface area contributed by atoms with Gasteiger partial charge in [0.15, 0.2) is 0 Å². The van der Waals surface area contributed by atoms with Crippen molar-refractivity contribution < 1.29 is 14.3 Å². The Kier molecular flexibility index (Phi) is 5.88. The fourth-order valence-corrected chi connectivity index (χ4v) is 3.43. The minimum Gasteiger partial charge on any atom is -0.489 e. The smallest absolute Gasteiger partial charge is 0.355 e. The van der Waals surface area contributed by atoms with Crippen molar-refractivity contribution in [2.45, 2.75) is 40.7 Å². The van der Waals surface area contributed by atoms with Gasteiger partial charge in [0.1, 0.15) is 29.2 Å². The molecule has 0 fully saturated rings. The molecule has 28 heavy (non-hydrogen) atoms. The maximum absolute atomic E-state index is 12.2. The summed E-state index contributed by atoms with van der Waals surface area (Å²) in [5.74, 6) is 0.844. The van der Waals surface area contributed by atoms with Gasteiger partial charge in [0, 0.05) is 0 Å². The van der Waals surface area contributed by atoms with Crippen LogP contribution in [-0.4, -0.2) is 33.6 Å². The molecule has 8 heteroatoms. The summed E-state index contributed by atoms with van der Waals surface area (Å²) in [7, 11) is 0. The van der Waals surface area contributed by atoms with Crippen LogP contribution in [0, 0.1) is 13.8 Å². The number of ether oxygens (including phenoxy) is 2. The summed E-state index contributed by atoms with van der Waals surface area (Å²) in [6.07, 6.45) is 1.47. The van der Waals surface area contributed by atoms with Crippen LogP contribution >= 0.6 is 15.9 Å². The molecule has 0 aliphatic rings. The van der Waals surface area contributed by atoms with E-state index >= 15 is 0 Å². The van der Waals surface area contributed by atoms with Gasteiger partial charge in [-0.1, -0.05) is 0 Å². The molecule has 148 valence electrons. The topological polar surface area (TPSA) is 89.1 Å². The van der Waals surface area contributed by atoms with Crippen molar-refractivity contribution >= 4 is 44.4 Å². The lowest BCUT2D eigenvalue weighted by Crippen LogP contribution is -2.08. The summed E-state index contributed by atoms with van der Waals surface area (Å²) < 4.78 is 11.6. The highest BCUT2D eigenvalue weighted by Crippen LogP contribution is 2.36. The van der Waals surface area contributed by atoms with E-state index in [1.165, 1.54) is 6.33 Å². The van der Waals surface area contributed by atoms with E-state index < -0.39 is 5.97 Å². The Bertz CT molecular complexity index is 1030. The van der Waals surface area contributed by atoms with Crippen molar-refractivity contribution in [3.63, 3.8) is 0 Å². The third kappa shape index (κ3) is 3.96. The lowest BCUT2D eigenvalue weighted by atomic mass is 10.1. The number of benzene rings is 1. The first kappa shape index (κ1) is 20.1. The summed E-state index contributed by atoms with van der Waals surface area (Å²) in [6.45, 7) is 10.1. The summed E-state index contributed by atoms with van der Waals surface area (Å²) in [5.41, 5.74) is 3.90. The van der Waals surface area contributed by atoms with Crippen LogP contribution in [-0.2, 0) is 4.74 Å². The SMILES string of the molecule is CCOC(=O)c1[nH]c2ncnc(Nc3cc(C)c(C)cc3OC(C)C)c2c1Br. The number of hydrogen-bond donors (Lipinski definition) is 2. The third-order valence-electron chi connectivity index (χ3n) is 4.22. The molecule has 0 radical (unpaired) electrons. The predicted octanol–water partition coefficient (Wildman–Crippen LogP) is 5.04. The Morgan fingerprint density at radius 3 is 2.64 bits per heavy atom. The number of aryl methyl sites for hydroxylation is 2. The predicted molar refractivity (Wildman–Crippen MR) is 113 cm³/mol. The van der Waals surface area contributed by atoms with E-state index in [9.17, 15) is 4.79 Å². The molecule has 3 aromatic rings. The Labute approximate surface area is 172 Å². The molecule has 0 unspecified atom stereocenters. The monoisotopic (exact) mass is 446 g/mol. The second-order valence-corrected chi connectivity index (χ2v) is 7.50. The molecule has 0 amide bonds. The van der Waals surface area contributed by atoms with Gasteiger partial charge in [0.2, 0.25) is 0 Å². The lowest BCUT2D eigenvalue weighted by molar-refractivity contribution is 0.0519. The molecule has 3 rings (SSSR count). The Balaban J connectivity index is 2.08. The van der Waals surface area contributed by atoms with Gasteiger partial charge in [-0.15, -0.1) is 0 Å². The number of nitrogens with one attached hydrogen (secondary N) is 2. The van der Waals surface area contributed by atoms with E-state index in [1.807, 2.05) is 39.8 Å². The zero-order chi connectivity index (χ0) is 20.4. The van der Waals surface area contributed by atoms with E-state index in [1.54, 1.807) is 6.92 Å². The fourth-order valence-electron chi connectivity index (χ4n) is 2.79. The van der Waals surface area contributed by atoms with Gasteiger partial charge in [-0.05, 0) is 73.8 Å². The van der Waals surface area contributed by atoms with Crippen LogP contribution < -0.4 is 10.1 Å². The van der Waals surface area contributed by atoms with Crippen molar-refractivity contribution in [2.75, 3.05) is 11.9 Å². The third-order valence-corrected chi connectivity index (χ3v) is 5.01. The molecule has 0 saturated heterocycles. The number of carbonyl (C=O) groups excluding carboxylic acids is 1. The number of anilines is 2. The quantitative estimate of drug-likeness (QED) is 0.515. The van der Waals surface area contributed by atoms with Crippen molar-refractivity contribution in [3.8, 4) is 5.75 Å². The van der Waals surface area contributed by atoms with Crippen molar-refractivity contribution in [3.05, 3.63) is 39.8 Å².